The molecule has 2 amide bonds. The summed E-state index contributed by atoms with van der Waals surface area (Å²) in [7, 11) is 0. The number of aromatic nitrogens is 2. The van der Waals surface area contributed by atoms with E-state index >= 15 is 0 Å². The number of nitrogens with zero attached hydrogens (tertiary/aromatic N) is 2. The van der Waals surface area contributed by atoms with Crippen LogP contribution in [0.15, 0.2) is 22.6 Å². The number of anilines is 1. The van der Waals surface area contributed by atoms with Gasteiger partial charge in [0.15, 0.2) is 0 Å². The maximum Gasteiger partial charge on any atom is 0.262 e. The molecule has 0 bridgehead atoms. The van der Waals surface area contributed by atoms with Crippen LogP contribution in [0.4, 0.5) is 5.00 Å². The molecule has 3 N–H and O–H groups in total. The quantitative estimate of drug-likeness (QED) is 0.725. The molecule has 4 rings (SSSR count). The molecule has 1 aliphatic carbocycles. The summed E-state index contributed by atoms with van der Waals surface area (Å²) in [5.41, 5.74) is 6.42. The highest BCUT2D eigenvalue weighted by Crippen LogP contribution is 2.34. The molecule has 0 saturated carbocycles. The Labute approximate surface area is 150 Å². The first kappa shape index (κ1) is 16.0. The van der Waals surface area contributed by atoms with Crippen LogP contribution in [0, 0.1) is 0 Å². The van der Waals surface area contributed by atoms with Gasteiger partial charge in [0.05, 0.1) is 17.3 Å². The van der Waals surface area contributed by atoms with E-state index < -0.39 is 11.8 Å². The highest BCUT2D eigenvalue weighted by Gasteiger charge is 2.22. The summed E-state index contributed by atoms with van der Waals surface area (Å²) < 4.78 is 1.31. The average molecular weight is 374 g/mol. The summed E-state index contributed by atoms with van der Waals surface area (Å²) in [5.74, 6) is -1.01. The Morgan fingerprint density at radius 1 is 1.36 bits per heavy atom. The topological polar surface area (TPSA) is 107 Å². The smallest absolute Gasteiger partial charge is 0.262 e. The van der Waals surface area contributed by atoms with Gasteiger partial charge in [-0.15, -0.1) is 22.7 Å². The predicted octanol–water partition coefficient (Wildman–Crippen LogP) is 1.75. The number of rotatable bonds is 4. The Hall–Kier alpha value is -2.52. The van der Waals surface area contributed by atoms with Gasteiger partial charge in [0.25, 0.3) is 11.5 Å². The second kappa shape index (κ2) is 6.08. The zero-order valence-corrected chi connectivity index (χ0v) is 14.7. The molecule has 25 heavy (non-hydrogen) atoms. The molecule has 0 aliphatic heterocycles. The first-order valence-corrected chi connectivity index (χ1v) is 9.41. The van der Waals surface area contributed by atoms with Crippen molar-refractivity contribution in [2.45, 2.75) is 25.8 Å². The van der Waals surface area contributed by atoms with Gasteiger partial charge in [-0.3, -0.25) is 19.0 Å². The molecule has 7 nitrogen and oxygen atoms in total. The summed E-state index contributed by atoms with van der Waals surface area (Å²) in [6.07, 6.45) is 4.34. The van der Waals surface area contributed by atoms with Gasteiger partial charge < -0.3 is 11.1 Å². The van der Waals surface area contributed by atoms with E-state index in [1.165, 1.54) is 27.1 Å². The molecule has 9 heteroatoms. The van der Waals surface area contributed by atoms with Gasteiger partial charge in [-0.05, 0) is 36.3 Å². The number of primary amides is 1. The van der Waals surface area contributed by atoms with Crippen LogP contribution in [-0.4, -0.2) is 21.4 Å². The Balaban J connectivity index is 1.61. The van der Waals surface area contributed by atoms with Crippen molar-refractivity contribution in [3.8, 4) is 0 Å². The van der Waals surface area contributed by atoms with E-state index in [1.54, 1.807) is 22.8 Å². The number of fused-ring (bicyclic) bond motifs is 3. The van der Waals surface area contributed by atoms with Crippen molar-refractivity contribution >= 4 is 49.7 Å². The van der Waals surface area contributed by atoms with E-state index in [9.17, 15) is 14.4 Å². The first-order valence-electron chi connectivity index (χ1n) is 7.71. The first-order chi connectivity index (χ1) is 12.0. The van der Waals surface area contributed by atoms with Crippen LogP contribution in [0.2, 0.25) is 0 Å². The summed E-state index contributed by atoms with van der Waals surface area (Å²) in [6, 6.07) is 1.55. The normalized spacial score (nSPS) is 13.1. The fraction of sp³-hybridized carbons (Fsp3) is 0.250. The number of hydrogen-bond acceptors (Lipinski definition) is 6. The summed E-state index contributed by atoms with van der Waals surface area (Å²) in [4.78, 5) is 42.6. The van der Waals surface area contributed by atoms with Crippen LogP contribution in [0.3, 0.4) is 0 Å². The van der Waals surface area contributed by atoms with Crippen molar-refractivity contribution in [2.75, 3.05) is 5.32 Å². The van der Waals surface area contributed by atoms with Crippen molar-refractivity contribution in [1.29, 1.82) is 0 Å². The molecular formula is C16H14N4O3S2. The van der Waals surface area contributed by atoms with Crippen molar-refractivity contribution in [3.05, 3.63) is 44.1 Å². The van der Waals surface area contributed by atoms with Gasteiger partial charge in [-0.1, -0.05) is 0 Å². The lowest BCUT2D eigenvalue weighted by molar-refractivity contribution is -0.116. The van der Waals surface area contributed by atoms with Crippen molar-refractivity contribution < 1.29 is 9.59 Å². The molecule has 0 aromatic carbocycles. The van der Waals surface area contributed by atoms with Crippen LogP contribution < -0.4 is 16.6 Å². The molecule has 3 aromatic rings. The zero-order chi connectivity index (χ0) is 17.6. The fourth-order valence-corrected chi connectivity index (χ4v) is 5.08. The molecule has 0 spiro atoms. The van der Waals surface area contributed by atoms with Gasteiger partial charge in [0.1, 0.15) is 16.4 Å². The molecule has 0 atom stereocenters. The highest BCUT2D eigenvalue weighted by atomic mass is 32.1. The van der Waals surface area contributed by atoms with Gasteiger partial charge >= 0.3 is 0 Å². The van der Waals surface area contributed by atoms with Crippen LogP contribution in [0.5, 0.6) is 0 Å². The van der Waals surface area contributed by atoms with Crippen LogP contribution >= 0.6 is 22.7 Å². The number of thiophene rings is 2. The minimum Gasteiger partial charge on any atom is -0.366 e. The maximum absolute atomic E-state index is 12.7. The van der Waals surface area contributed by atoms with Crippen LogP contribution in [0.25, 0.3) is 10.2 Å². The largest absolute Gasteiger partial charge is 0.366 e. The lowest BCUT2D eigenvalue weighted by Crippen LogP contribution is -2.28. The monoisotopic (exact) mass is 374 g/mol. The van der Waals surface area contributed by atoms with E-state index in [1.807, 2.05) is 0 Å². The molecule has 3 heterocycles. The number of carbonyl (C=O) groups is 2. The Morgan fingerprint density at radius 3 is 3.00 bits per heavy atom. The third-order valence-corrected chi connectivity index (χ3v) is 6.22. The molecule has 3 aromatic heterocycles. The minimum atomic E-state index is -0.606. The van der Waals surface area contributed by atoms with Crippen molar-refractivity contribution in [2.24, 2.45) is 5.73 Å². The molecule has 0 fully saturated rings. The number of hydrogen-bond donors (Lipinski definition) is 2. The Kier molecular flexibility index (Phi) is 3.89. The third-order valence-electron chi connectivity index (χ3n) is 4.19. The minimum absolute atomic E-state index is 0.164. The second-order valence-electron chi connectivity index (χ2n) is 5.79. The Morgan fingerprint density at radius 2 is 2.20 bits per heavy atom. The second-order valence-corrected chi connectivity index (χ2v) is 7.79. The molecular weight excluding hydrogens is 360 g/mol. The summed E-state index contributed by atoms with van der Waals surface area (Å²) in [5, 5.41) is 5.33. The predicted molar refractivity (Wildman–Crippen MR) is 97.4 cm³/mol. The molecule has 0 unspecified atom stereocenters. The number of amides is 2. The van der Waals surface area contributed by atoms with E-state index in [0.717, 1.165) is 29.7 Å². The van der Waals surface area contributed by atoms with Gasteiger partial charge in [-0.2, -0.15) is 0 Å². The SMILES string of the molecule is NC(=O)c1ccsc1NC(=O)Cn1cnc2sc3c(c2c1=O)CCC3. The summed E-state index contributed by atoms with van der Waals surface area (Å²) >= 11 is 2.77. The average Bonchev–Trinajstić information content (AvgIpc) is 3.24. The zero-order valence-electron chi connectivity index (χ0n) is 13.1. The summed E-state index contributed by atoms with van der Waals surface area (Å²) in [6.45, 7) is -0.164. The number of nitrogens with two attached hydrogens (primary N) is 1. The van der Waals surface area contributed by atoms with Gasteiger partial charge in [0, 0.05) is 4.88 Å². The number of carbonyl (C=O) groups excluding carboxylic acids is 2. The number of aryl methyl sites for hydroxylation is 2. The maximum atomic E-state index is 12.7. The van der Waals surface area contributed by atoms with E-state index in [2.05, 4.69) is 10.3 Å². The molecule has 1 aliphatic rings. The van der Waals surface area contributed by atoms with Crippen LogP contribution in [0.1, 0.15) is 27.2 Å². The molecule has 0 radical (unpaired) electrons. The fourth-order valence-electron chi connectivity index (χ4n) is 3.05. The van der Waals surface area contributed by atoms with Crippen molar-refractivity contribution in [1.82, 2.24) is 9.55 Å². The molecule has 0 saturated heterocycles. The van der Waals surface area contributed by atoms with Gasteiger partial charge in [0.2, 0.25) is 5.91 Å². The lowest BCUT2D eigenvalue weighted by Gasteiger charge is -2.07. The lowest BCUT2D eigenvalue weighted by atomic mass is 10.2. The van der Waals surface area contributed by atoms with E-state index in [-0.39, 0.29) is 17.7 Å². The van der Waals surface area contributed by atoms with E-state index in [0.29, 0.717) is 10.4 Å². The number of nitrogens with one attached hydrogen (secondary N) is 1. The highest BCUT2D eigenvalue weighted by molar-refractivity contribution is 7.18. The van der Waals surface area contributed by atoms with Crippen molar-refractivity contribution in [3.63, 3.8) is 0 Å². The van der Waals surface area contributed by atoms with Gasteiger partial charge in [-0.25, -0.2) is 4.98 Å². The molecule has 128 valence electrons. The standard InChI is InChI=1S/C16H14N4O3S2/c17-13(22)9-4-5-24-14(9)19-11(21)6-20-7-18-15-12(16(20)23)8-2-1-3-10(8)25-15/h4-5,7H,1-3,6H2,(H2,17,22)(H,19,21). The Bertz CT molecular complexity index is 1060. The van der Waals surface area contributed by atoms with Crippen LogP contribution in [-0.2, 0) is 24.2 Å². The van der Waals surface area contributed by atoms with E-state index in [4.69, 9.17) is 5.73 Å². The third kappa shape index (κ3) is 2.75.